The van der Waals surface area contributed by atoms with Crippen LogP contribution in [0.25, 0.3) is 10.9 Å². The van der Waals surface area contributed by atoms with Gasteiger partial charge < -0.3 is 15.2 Å². The fourth-order valence-corrected chi connectivity index (χ4v) is 2.35. The van der Waals surface area contributed by atoms with Gasteiger partial charge in [-0.3, -0.25) is 9.78 Å². The molecule has 0 spiro atoms. The summed E-state index contributed by atoms with van der Waals surface area (Å²) in [6.07, 6.45) is 3.46. The largest absolute Gasteiger partial charge is 0.496 e. The monoisotopic (exact) mass is 327 g/mol. The average molecular weight is 328 g/mol. The molecule has 0 aliphatic carbocycles. The molecule has 0 fully saturated rings. The van der Waals surface area contributed by atoms with Crippen molar-refractivity contribution in [2.75, 3.05) is 12.8 Å². The first-order valence-electron chi connectivity index (χ1n) is 6.70. The van der Waals surface area contributed by atoms with Crippen LogP contribution < -0.4 is 15.2 Å². The number of nitrogens with two attached hydrogens (primary N) is 1. The maximum atomic E-state index is 11.1. The Hall–Kier alpha value is -2.79. The van der Waals surface area contributed by atoms with Gasteiger partial charge >= 0.3 is 0 Å². The van der Waals surface area contributed by atoms with E-state index in [0.717, 1.165) is 0 Å². The molecule has 0 aliphatic rings. The van der Waals surface area contributed by atoms with Gasteiger partial charge in [0, 0.05) is 23.7 Å². The normalized spacial score (nSPS) is 10.5. The van der Waals surface area contributed by atoms with E-state index >= 15 is 0 Å². The molecule has 0 aliphatic heterocycles. The van der Waals surface area contributed by atoms with Gasteiger partial charge in [-0.25, -0.2) is 0 Å². The molecule has 23 heavy (non-hydrogen) atoms. The lowest BCUT2D eigenvalue weighted by molar-refractivity contribution is 0.413. The van der Waals surface area contributed by atoms with Crippen molar-refractivity contribution < 1.29 is 14.3 Å². The minimum absolute atomic E-state index is 0.299. The SMILES string of the molecule is COc1cc2nccc(Oc3ccc(N)c(Cl)c3)c2cc1[C]=O. The van der Waals surface area contributed by atoms with Crippen molar-refractivity contribution in [3.8, 4) is 17.2 Å². The van der Waals surface area contributed by atoms with Crippen LogP contribution in [0.2, 0.25) is 5.02 Å². The van der Waals surface area contributed by atoms with Crippen molar-refractivity contribution in [3.63, 3.8) is 0 Å². The molecule has 0 bridgehead atoms. The first kappa shape index (κ1) is 15.1. The van der Waals surface area contributed by atoms with Crippen LogP contribution in [-0.2, 0) is 4.79 Å². The summed E-state index contributed by atoms with van der Waals surface area (Å²) in [5.41, 5.74) is 7.10. The highest BCUT2D eigenvalue weighted by Gasteiger charge is 2.11. The number of anilines is 1. The molecule has 0 saturated carbocycles. The molecule has 5 nitrogen and oxygen atoms in total. The first-order chi connectivity index (χ1) is 11.1. The van der Waals surface area contributed by atoms with Gasteiger partial charge in [-0.05, 0) is 24.3 Å². The van der Waals surface area contributed by atoms with Crippen molar-refractivity contribution in [2.24, 2.45) is 0 Å². The average Bonchev–Trinajstić information content (AvgIpc) is 2.57. The molecule has 1 heterocycles. The number of methoxy groups -OCH3 is 1. The second-order valence-corrected chi connectivity index (χ2v) is 5.17. The van der Waals surface area contributed by atoms with Crippen LogP contribution in [0.15, 0.2) is 42.6 Å². The lowest BCUT2D eigenvalue weighted by Gasteiger charge is -2.11. The van der Waals surface area contributed by atoms with E-state index in [1.807, 2.05) is 6.29 Å². The second kappa shape index (κ2) is 6.14. The molecule has 0 saturated heterocycles. The molecule has 1 aromatic heterocycles. The Balaban J connectivity index is 2.09. The van der Waals surface area contributed by atoms with Crippen LogP contribution in [0, 0.1) is 0 Å². The number of fused-ring (bicyclic) bond motifs is 1. The van der Waals surface area contributed by atoms with Gasteiger partial charge in [0.25, 0.3) is 0 Å². The molecule has 3 rings (SSSR count). The number of carbonyl (C=O) groups excluding carboxylic acids is 1. The van der Waals surface area contributed by atoms with Gasteiger partial charge in [-0.15, -0.1) is 0 Å². The van der Waals surface area contributed by atoms with Gasteiger partial charge in [0.05, 0.1) is 28.9 Å². The molecule has 3 aromatic rings. The summed E-state index contributed by atoms with van der Waals surface area (Å²) < 4.78 is 11.0. The number of hydrogen-bond acceptors (Lipinski definition) is 5. The number of hydrogen-bond donors (Lipinski definition) is 1. The Labute approximate surface area is 137 Å². The third-order valence-electron chi connectivity index (χ3n) is 3.33. The standard InChI is InChI=1S/C17H12ClN2O3/c1-22-17-8-15-12(6-10(17)9-21)16(4-5-20-15)23-11-2-3-14(19)13(18)7-11/h2-8H,19H2,1H3. The Morgan fingerprint density at radius 3 is 2.70 bits per heavy atom. The van der Waals surface area contributed by atoms with Crippen molar-refractivity contribution >= 4 is 34.5 Å². The Morgan fingerprint density at radius 1 is 1.17 bits per heavy atom. The highest BCUT2D eigenvalue weighted by Crippen LogP contribution is 2.34. The molecule has 115 valence electrons. The summed E-state index contributed by atoms with van der Waals surface area (Å²) in [7, 11) is 1.48. The number of halogens is 1. The summed E-state index contributed by atoms with van der Waals surface area (Å²) >= 11 is 6.00. The molecule has 6 heteroatoms. The molecule has 2 N–H and O–H groups in total. The van der Waals surface area contributed by atoms with Crippen LogP contribution in [0.1, 0.15) is 5.56 Å². The van der Waals surface area contributed by atoms with E-state index in [1.54, 1.807) is 42.6 Å². The third-order valence-corrected chi connectivity index (χ3v) is 3.66. The second-order valence-electron chi connectivity index (χ2n) is 4.77. The van der Waals surface area contributed by atoms with Crippen LogP contribution in [0.3, 0.4) is 0 Å². The number of pyridine rings is 1. The zero-order valence-corrected chi connectivity index (χ0v) is 12.9. The zero-order valence-electron chi connectivity index (χ0n) is 12.2. The Morgan fingerprint density at radius 2 is 2.00 bits per heavy atom. The zero-order chi connectivity index (χ0) is 16.4. The quantitative estimate of drug-likeness (QED) is 0.739. The molecular formula is C17H12ClN2O3. The van der Waals surface area contributed by atoms with E-state index in [-0.39, 0.29) is 0 Å². The smallest absolute Gasteiger partial charge is 0.237 e. The molecular weight excluding hydrogens is 316 g/mol. The van der Waals surface area contributed by atoms with E-state index in [9.17, 15) is 4.79 Å². The maximum absolute atomic E-state index is 11.1. The minimum atomic E-state index is 0.299. The van der Waals surface area contributed by atoms with Gasteiger partial charge in [-0.2, -0.15) is 0 Å². The van der Waals surface area contributed by atoms with E-state index in [1.165, 1.54) is 7.11 Å². The number of nitrogens with zero attached hydrogens (tertiary/aromatic N) is 1. The van der Waals surface area contributed by atoms with Crippen LogP contribution in [-0.4, -0.2) is 18.4 Å². The molecule has 0 atom stereocenters. The Kier molecular flexibility index (Phi) is 4.04. The van der Waals surface area contributed by atoms with Crippen molar-refractivity contribution in [3.05, 3.63) is 53.2 Å². The van der Waals surface area contributed by atoms with Gasteiger partial charge in [-0.1, -0.05) is 11.6 Å². The van der Waals surface area contributed by atoms with E-state index in [2.05, 4.69) is 4.98 Å². The number of aromatic nitrogens is 1. The predicted molar refractivity (Wildman–Crippen MR) is 89.0 cm³/mol. The Bertz CT molecular complexity index is 896. The lowest BCUT2D eigenvalue weighted by atomic mass is 10.1. The maximum Gasteiger partial charge on any atom is 0.237 e. The van der Waals surface area contributed by atoms with Crippen molar-refractivity contribution in [1.29, 1.82) is 0 Å². The van der Waals surface area contributed by atoms with Gasteiger partial charge in [0.2, 0.25) is 6.29 Å². The van der Waals surface area contributed by atoms with Gasteiger partial charge in [0.15, 0.2) is 0 Å². The number of ether oxygens (including phenoxy) is 2. The highest BCUT2D eigenvalue weighted by atomic mass is 35.5. The van der Waals surface area contributed by atoms with E-state index < -0.39 is 0 Å². The molecule has 0 unspecified atom stereocenters. The number of nitrogen functional groups attached to an aromatic ring is 1. The number of benzene rings is 2. The van der Waals surface area contributed by atoms with Crippen LogP contribution >= 0.6 is 11.6 Å². The summed E-state index contributed by atoms with van der Waals surface area (Å²) in [4.78, 5) is 15.3. The molecule has 2 aromatic carbocycles. The van der Waals surface area contributed by atoms with Crippen molar-refractivity contribution in [1.82, 2.24) is 4.98 Å². The molecule has 0 amide bonds. The lowest BCUT2D eigenvalue weighted by Crippen LogP contribution is -1.94. The summed E-state index contributed by atoms with van der Waals surface area (Å²) in [5.74, 6) is 1.48. The van der Waals surface area contributed by atoms with Crippen LogP contribution in [0.5, 0.6) is 17.2 Å². The fraction of sp³-hybridized carbons (Fsp3) is 0.0588. The summed E-state index contributed by atoms with van der Waals surface area (Å²) in [5, 5.41) is 1.07. The first-order valence-corrected chi connectivity index (χ1v) is 7.08. The van der Waals surface area contributed by atoms with Gasteiger partial charge in [0.1, 0.15) is 17.2 Å². The molecule has 1 radical (unpaired) electrons. The fourth-order valence-electron chi connectivity index (χ4n) is 2.18. The van der Waals surface area contributed by atoms with Crippen LogP contribution in [0.4, 0.5) is 5.69 Å². The topological polar surface area (TPSA) is 74.4 Å². The number of rotatable bonds is 4. The van der Waals surface area contributed by atoms with E-state index in [0.29, 0.717) is 44.4 Å². The predicted octanol–water partition coefficient (Wildman–Crippen LogP) is 3.73. The van der Waals surface area contributed by atoms with Crippen molar-refractivity contribution in [2.45, 2.75) is 0 Å². The highest BCUT2D eigenvalue weighted by molar-refractivity contribution is 6.33. The van der Waals surface area contributed by atoms with E-state index in [4.69, 9.17) is 26.8 Å². The third kappa shape index (κ3) is 2.91. The minimum Gasteiger partial charge on any atom is -0.496 e. The summed E-state index contributed by atoms with van der Waals surface area (Å²) in [6.45, 7) is 0. The summed E-state index contributed by atoms with van der Waals surface area (Å²) in [6, 6.07) is 9.99.